The molecule has 0 N–H and O–H groups in total. The van der Waals surface area contributed by atoms with Crippen molar-refractivity contribution in [2.24, 2.45) is 5.92 Å². The summed E-state index contributed by atoms with van der Waals surface area (Å²) in [7, 11) is 0. The quantitative estimate of drug-likeness (QED) is 0.415. The molecule has 0 rings (SSSR count). The summed E-state index contributed by atoms with van der Waals surface area (Å²) in [6.07, 6.45) is 1.05. The van der Waals surface area contributed by atoms with E-state index in [0.29, 0.717) is 5.92 Å². The third-order valence-electron chi connectivity index (χ3n) is 0.995. The lowest BCUT2D eigenvalue weighted by molar-refractivity contribution is 0.148. The SMILES string of the molecule is [C-]#[N+]COCCC(C)C. The molecule has 0 saturated heterocycles. The molecule has 0 aromatic heterocycles. The first-order chi connectivity index (χ1) is 4.27. The van der Waals surface area contributed by atoms with Crippen molar-refractivity contribution in [3.63, 3.8) is 0 Å². The predicted octanol–water partition coefficient (Wildman–Crippen LogP) is 1.93. The maximum Gasteiger partial charge on any atom is 0.318 e. The van der Waals surface area contributed by atoms with Gasteiger partial charge in [0.2, 0.25) is 0 Å². The second kappa shape index (κ2) is 5.58. The Bertz CT molecular complexity index is 93.6. The highest BCUT2D eigenvalue weighted by atomic mass is 16.5. The van der Waals surface area contributed by atoms with E-state index in [1.165, 1.54) is 0 Å². The molecule has 0 spiro atoms. The Labute approximate surface area is 56.6 Å². The van der Waals surface area contributed by atoms with Crippen LogP contribution in [0.2, 0.25) is 0 Å². The summed E-state index contributed by atoms with van der Waals surface area (Å²) in [5, 5.41) is 0. The van der Waals surface area contributed by atoms with Crippen LogP contribution in [0.3, 0.4) is 0 Å². The molecule has 0 heterocycles. The van der Waals surface area contributed by atoms with Gasteiger partial charge in [0.05, 0.1) is 6.61 Å². The molecular formula is C7H13NO. The molecule has 0 aromatic carbocycles. The third kappa shape index (κ3) is 7.45. The fourth-order valence-corrected chi connectivity index (χ4v) is 0.429. The highest BCUT2D eigenvalue weighted by Gasteiger charge is 1.92. The van der Waals surface area contributed by atoms with Gasteiger partial charge in [-0.05, 0) is 12.3 Å². The molecule has 0 aliphatic heterocycles. The van der Waals surface area contributed by atoms with Crippen LogP contribution >= 0.6 is 0 Å². The minimum atomic E-state index is 0.215. The van der Waals surface area contributed by atoms with Crippen LogP contribution in [0.4, 0.5) is 0 Å². The number of nitrogens with zero attached hydrogens (tertiary/aromatic N) is 1. The summed E-state index contributed by atoms with van der Waals surface area (Å²) in [6, 6.07) is 0. The normalized spacial score (nSPS) is 9.56. The molecule has 0 amide bonds. The fourth-order valence-electron chi connectivity index (χ4n) is 0.429. The van der Waals surface area contributed by atoms with E-state index in [4.69, 9.17) is 11.3 Å². The van der Waals surface area contributed by atoms with Gasteiger partial charge in [0, 0.05) is 0 Å². The Balaban J connectivity index is 2.85. The van der Waals surface area contributed by atoms with E-state index in [9.17, 15) is 0 Å². The monoisotopic (exact) mass is 127 g/mol. The van der Waals surface area contributed by atoms with Crippen LogP contribution < -0.4 is 0 Å². The molecule has 9 heavy (non-hydrogen) atoms. The van der Waals surface area contributed by atoms with E-state index < -0.39 is 0 Å². The van der Waals surface area contributed by atoms with Gasteiger partial charge in [-0.25, -0.2) is 6.57 Å². The van der Waals surface area contributed by atoms with Gasteiger partial charge >= 0.3 is 6.73 Å². The van der Waals surface area contributed by atoms with Crippen molar-refractivity contribution in [2.75, 3.05) is 13.3 Å². The number of ether oxygens (including phenoxy) is 1. The van der Waals surface area contributed by atoms with Gasteiger partial charge in [-0.2, -0.15) is 0 Å². The van der Waals surface area contributed by atoms with Crippen LogP contribution in [0.1, 0.15) is 20.3 Å². The second-order valence-electron chi connectivity index (χ2n) is 2.38. The first-order valence-corrected chi connectivity index (χ1v) is 3.18. The Hall–Kier alpha value is -0.550. The van der Waals surface area contributed by atoms with Gasteiger partial charge < -0.3 is 4.74 Å². The molecule has 0 radical (unpaired) electrons. The van der Waals surface area contributed by atoms with Crippen LogP contribution in [-0.2, 0) is 4.74 Å². The average molecular weight is 127 g/mol. The standard InChI is InChI=1S/C7H13NO/c1-7(2)4-5-9-6-8-3/h7H,4-6H2,1-2H3. The van der Waals surface area contributed by atoms with Gasteiger partial charge in [-0.15, -0.1) is 0 Å². The summed E-state index contributed by atoms with van der Waals surface area (Å²) < 4.78 is 4.94. The average Bonchev–Trinajstić information content (AvgIpc) is 1.80. The smallest absolute Gasteiger partial charge is 0.313 e. The van der Waals surface area contributed by atoms with Gasteiger partial charge in [-0.3, -0.25) is 4.85 Å². The second-order valence-corrected chi connectivity index (χ2v) is 2.38. The summed E-state index contributed by atoms with van der Waals surface area (Å²) in [5.74, 6) is 0.677. The summed E-state index contributed by atoms with van der Waals surface area (Å²) in [4.78, 5) is 3.06. The van der Waals surface area contributed by atoms with Gasteiger partial charge in [0.1, 0.15) is 0 Å². The Morgan fingerprint density at radius 2 is 2.22 bits per heavy atom. The van der Waals surface area contributed by atoms with Crippen LogP contribution in [-0.4, -0.2) is 13.3 Å². The van der Waals surface area contributed by atoms with E-state index in [1.807, 2.05) is 0 Å². The minimum absolute atomic E-state index is 0.215. The van der Waals surface area contributed by atoms with Crippen molar-refractivity contribution in [2.45, 2.75) is 20.3 Å². The van der Waals surface area contributed by atoms with Crippen molar-refractivity contribution in [3.05, 3.63) is 11.4 Å². The maximum atomic E-state index is 6.39. The van der Waals surface area contributed by atoms with Crippen molar-refractivity contribution in [1.29, 1.82) is 0 Å². The third-order valence-corrected chi connectivity index (χ3v) is 0.995. The largest absolute Gasteiger partial charge is 0.318 e. The van der Waals surface area contributed by atoms with E-state index in [0.717, 1.165) is 13.0 Å². The molecule has 0 saturated carbocycles. The molecular weight excluding hydrogens is 114 g/mol. The van der Waals surface area contributed by atoms with Gasteiger partial charge in [-0.1, -0.05) is 13.8 Å². The zero-order valence-corrected chi connectivity index (χ0v) is 6.05. The van der Waals surface area contributed by atoms with Gasteiger partial charge in [0.15, 0.2) is 0 Å². The Morgan fingerprint density at radius 1 is 1.56 bits per heavy atom. The molecule has 0 fully saturated rings. The van der Waals surface area contributed by atoms with Crippen molar-refractivity contribution < 1.29 is 4.74 Å². The van der Waals surface area contributed by atoms with E-state index in [1.54, 1.807) is 0 Å². The highest BCUT2D eigenvalue weighted by molar-refractivity contribution is 4.47. The lowest BCUT2D eigenvalue weighted by Gasteiger charge is -2.00. The van der Waals surface area contributed by atoms with E-state index >= 15 is 0 Å². The Morgan fingerprint density at radius 3 is 2.67 bits per heavy atom. The maximum absolute atomic E-state index is 6.39. The fraction of sp³-hybridized carbons (Fsp3) is 0.857. The topological polar surface area (TPSA) is 13.6 Å². The van der Waals surface area contributed by atoms with Crippen LogP contribution in [0.25, 0.3) is 4.85 Å². The molecule has 2 nitrogen and oxygen atoms in total. The molecule has 52 valence electrons. The molecule has 0 atom stereocenters. The van der Waals surface area contributed by atoms with Crippen LogP contribution in [0.5, 0.6) is 0 Å². The van der Waals surface area contributed by atoms with Crippen molar-refractivity contribution in [1.82, 2.24) is 0 Å². The first kappa shape index (κ1) is 8.45. The van der Waals surface area contributed by atoms with Crippen LogP contribution in [0, 0.1) is 12.5 Å². The number of rotatable bonds is 4. The molecule has 0 aliphatic rings. The van der Waals surface area contributed by atoms with Gasteiger partial charge in [0.25, 0.3) is 0 Å². The van der Waals surface area contributed by atoms with Crippen LogP contribution in [0.15, 0.2) is 0 Å². The minimum Gasteiger partial charge on any atom is -0.313 e. The lowest BCUT2D eigenvalue weighted by atomic mass is 10.1. The summed E-state index contributed by atoms with van der Waals surface area (Å²) in [5.41, 5.74) is 0. The van der Waals surface area contributed by atoms with E-state index in [-0.39, 0.29) is 6.73 Å². The molecule has 0 unspecified atom stereocenters. The summed E-state index contributed by atoms with van der Waals surface area (Å²) >= 11 is 0. The number of hydrogen-bond donors (Lipinski definition) is 0. The lowest BCUT2D eigenvalue weighted by Crippen LogP contribution is -1.97. The van der Waals surface area contributed by atoms with Crippen molar-refractivity contribution >= 4 is 0 Å². The predicted molar refractivity (Wildman–Crippen MR) is 36.9 cm³/mol. The summed E-state index contributed by atoms with van der Waals surface area (Å²) in [6.45, 7) is 11.6. The molecule has 0 aliphatic carbocycles. The first-order valence-electron chi connectivity index (χ1n) is 3.18. The Kier molecular flexibility index (Phi) is 5.24. The van der Waals surface area contributed by atoms with Crippen molar-refractivity contribution in [3.8, 4) is 0 Å². The highest BCUT2D eigenvalue weighted by Crippen LogP contribution is 1.98. The molecule has 0 bridgehead atoms. The zero-order chi connectivity index (χ0) is 7.11. The molecule has 0 aromatic rings. The van der Waals surface area contributed by atoms with E-state index in [2.05, 4.69) is 18.7 Å². The molecule has 2 heteroatoms. The number of hydrogen-bond acceptors (Lipinski definition) is 1. The zero-order valence-electron chi connectivity index (χ0n) is 6.05.